The third-order valence-electron chi connectivity index (χ3n) is 5.56. The number of aryl methyl sites for hydroxylation is 1. The van der Waals surface area contributed by atoms with Crippen LogP contribution in [0.25, 0.3) is 0 Å². The first-order chi connectivity index (χ1) is 15.0. The second-order valence-corrected chi connectivity index (χ2v) is 8.15. The Morgan fingerprint density at radius 2 is 2.00 bits per heavy atom. The maximum absolute atomic E-state index is 13.3. The molecule has 168 valence electrons. The quantitative estimate of drug-likeness (QED) is 0.648. The number of ether oxygens (including phenoxy) is 1. The van der Waals surface area contributed by atoms with E-state index in [1.807, 2.05) is 57.2 Å². The van der Waals surface area contributed by atoms with Crippen LogP contribution >= 0.6 is 0 Å². The van der Waals surface area contributed by atoms with Gasteiger partial charge in [-0.2, -0.15) is 0 Å². The zero-order valence-corrected chi connectivity index (χ0v) is 18.7. The summed E-state index contributed by atoms with van der Waals surface area (Å²) in [6.45, 7) is 7.44. The Hall–Kier alpha value is -2.80. The molecule has 2 aromatic rings. The van der Waals surface area contributed by atoms with Gasteiger partial charge >= 0.3 is 6.03 Å². The van der Waals surface area contributed by atoms with Gasteiger partial charge in [0.2, 0.25) is 5.91 Å². The molecule has 0 aliphatic carbocycles. The summed E-state index contributed by atoms with van der Waals surface area (Å²) in [7, 11) is 0. The van der Waals surface area contributed by atoms with Crippen molar-refractivity contribution in [3.63, 3.8) is 0 Å². The van der Waals surface area contributed by atoms with Crippen LogP contribution < -0.4 is 5.32 Å². The number of urea groups is 1. The average molecular weight is 428 g/mol. The molecule has 0 saturated carbocycles. The lowest BCUT2D eigenvalue weighted by Gasteiger charge is -2.31. The average Bonchev–Trinajstić information content (AvgIpc) is 3.45. The molecule has 7 nitrogen and oxygen atoms in total. The summed E-state index contributed by atoms with van der Waals surface area (Å²) in [5, 5.41) is 2.98. The topological polar surface area (TPSA) is 75.0 Å². The molecule has 31 heavy (non-hydrogen) atoms. The van der Waals surface area contributed by atoms with Crippen LogP contribution in [0.5, 0.6) is 0 Å². The Kier molecular flexibility index (Phi) is 8.12. The zero-order chi connectivity index (χ0) is 22.2. The van der Waals surface area contributed by atoms with Gasteiger partial charge in [0.1, 0.15) is 12.3 Å². The van der Waals surface area contributed by atoms with Crippen molar-refractivity contribution in [3.05, 3.63) is 54.0 Å². The maximum atomic E-state index is 13.3. The van der Waals surface area contributed by atoms with Crippen molar-refractivity contribution in [2.24, 2.45) is 0 Å². The van der Waals surface area contributed by atoms with Gasteiger partial charge in [0, 0.05) is 24.9 Å². The highest BCUT2D eigenvalue weighted by Crippen LogP contribution is 2.18. The first-order valence-corrected chi connectivity index (χ1v) is 11.0. The number of amides is 3. The number of nitrogens with zero attached hydrogens (tertiary/aromatic N) is 2. The molecule has 0 radical (unpaired) electrons. The predicted octanol–water partition coefficient (Wildman–Crippen LogP) is 4.29. The number of carbonyl (C=O) groups excluding carboxylic acids is 2. The fourth-order valence-corrected chi connectivity index (χ4v) is 3.75. The van der Waals surface area contributed by atoms with E-state index in [1.165, 1.54) is 0 Å². The maximum Gasteiger partial charge on any atom is 0.322 e. The van der Waals surface area contributed by atoms with Crippen molar-refractivity contribution in [2.45, 2.75) is 58.7 Å². The Morgan fingerprint density at radius 1 is 1.19 bits per heavy atom. The second kappa shape index (κ2) is 11.0. The van der Waals surface area contributed by atoms with Crippen LogP contribution in [0.2, 0.25) is 0 Å². The SMILES string of the molecule is CCc1ccccc1NC(=O)N(CC(=O)N(Cc1ccco1)C[C@H]1CCCO1)C(C)C. The lowest BCUT2D eigenvalue weighted by molar-refractivity contribution is -0.134. The molecule has 0 unspecified atom stereocenters. The highest BCUT2D eigenvalue weighted by molar-refractivity contribution is 5.93. The van der Waals surface area contributed by atoms with Gasteiger partial charge in [-0.1, -0.05) is 25.1 Å². The van der Waals surface area contributed by atoms with E-state index >= 15 is 0 Å². The predicted molar refractivity (Wildman–Crippen MR) is 120 cm³/mol. The van der Waals surface area contributed by atoms with Gasteiger partial charge in [-0.25, -0.2) is 4.79 Å². The standard InChI is InChI=1S/C24H33N3O4/c1-4-19-9-5-6-12-22(19)25-24(29)27(18(2)3)17-23(28)26(15-20-10-7-13-30-20)16-21-11-8-14-31-21/h5-7,9-10,12-13,18,21H,4,8,11,14-17H2,1-3H3,(H,25,29)/t21-/m1/s1. The van der Waals surface area contributed by atoms with Crippen LogP contribution in [-0.4, -0.2) is 53.6 Å². The molecule has 1 atom stereocenters. The molecule has 2 heterocycles. The Labute approximate surface area is 184 Å². The summed E-state index contributed by atoms with van der Waals surface area (Å²) < 4.78 is 11.2. The Bertz CT molecular complexity index is 844. The lowest BCUT2D eigenvalue weighted by Crippen LogP contribution is -2.48. The minimum Gasteiger partial charge on any atom is -0.467 e. The molecule has 3 rings (SSSR count). The normalized spacial score (nSPS) is 15.8. The number of furan rings is 1. The van der Waals surface area contributed by atoms with Crippen LogP contribution in [0.15, 0.2) is 47.1 Å². The fourth-order valence-electron chi connectivity index (χ4n) is 3.75. The monoisotopic (exact) mass is 427 g/mol. The third-order valence-corrected chi connectivity index (χ3v) is 5.56. The van der Waals surface area contributed by atoms with Gasteiger partial charge < -0.3 is 24.3 Å². The smallest absolute Gasteiger partial charge is 0.322 e. The van der Waals surface area contributed by atoms with E-state index in [4.69, 9.17) is 9.15 Å². The van der Waals surface area contributed by atoms with Crippen LogP contribution in [0, 0.1) is 0 Å². The van der Waals surface area contributed by atoms with Gasteiger partial charge in [-0.05, 0) is 56.9 Å². The van der Waals surface area contributed by atoms with Crippen molar-refractivity contribution in [1.82, 2.24) is 9.80 Å². The summed E-state index contributed by atoms with van der Waals surface area (Å²) in [5.41, 5.74) is 1.84. The molecule has 1 saturated heterocycles. The summed E-state index contributed by atoms with van der Waals surface area (Å²) in [6, 6.07) is 11.0. The minimum absolute atomic E-state index is 0.00871. The van der Waals surface area contributed by atoms with Crippen molar-refractivity contribution in [3.8, 4) is 0 Å². The highest BCUT2D eigenvalue weighted by Gasteiger charge is 2.27. The molecule has 1 aromatic heterocycles. The second-order valence-electron chi connectivity index (χ2n) is 8.15. The van der Waals surface area contributed by atoms with Crippen LogP contribution in [0.1, 0.15) is 44.9 Å². The number of nitrogens with one attached hydrogen (secondary N) is 1. The first-order valence-electron chi connectivity index (χ1n) is 11.0. The zero-order valence-electron chi connectivity index (χ0n) is 18.7. The Balaban J connectivity index is 1.70. The van der Waals surface area contributed by atoms with Crippen LogP contribution in [-0.2, 0) is 22.5 Å². The molecule has 7 heteroatoms. The molecule has 3 amide bonds. The van der Waals surface area contributed by atoms with Crippen LogP contribution in [0.4, 0.5) is 10.5 Å². The highest BCUT2D eigenvalue weighted by atomic mass is 16.5. The van der Waals surface area contributed by atoms with E-state index in [-0.39, 0.29) is 30.6 Å². The van der Waals surface area contributed by atoms with Crippen molar-refractivity contribution >= 4 is 17.6 Å². The number of carbonyl (C=O) groups is 2. The van der Waals surface area contributed by atoms with Crippen LogP contribution in [0.3, 0.4) is 0 Å². The van der Waals surface area contributed by atoms with E-state index in [2.05, 4.69) is 5.32 Å². The number of hydrogen-bond acceptors (Lipinski definition) is 4. The van der Waals surface area contributed by atoms with Crippen molar-refractivity contribution in [1.29, 1.82) is 0 Å². The Morgan fingerprint density at radius 3 is 2.65 bits per heavy atom. The van der Waals surface area contributed by atoms with E-state index in [1.54, 1.807) is 16.1 Å². The summed E-state index contributed by atoms with van der Waals surface area (Å²) in [5.74, 6) is 0.586. The summed E-state index contributed by atoms with van der Waals surface area (Å²) >= 11 is 0. The van der Waals surface area contributed by atoms with Crippen molar-refractivity contribution < 1.29 is 18.7 Å². The summed E-state index contributed by atoms with van der Waals surface area (Å²) in [4.78, 5) is 29.6. The molecule has 1 N–H and O–H groups in total. The number of benzene rings is 1. The number of rotatable bonds is 9. The first kappa shape index (κ1) is 22.9. The third kappa shape index (κ3) is 6.34. The minimum atomic E-state index is -0.278. The number of para-hydroxylation sites is 1. The van der Waals surface area contributed by atoms with E-state index in [0.29, 0.717) is 18.8 Å². The fraction of sp³-hybridized carbons (Fsp3) is 0.500. The van der Waals surface area contributed by atoms with Gasteiger partial charge in [-0.3, -0.25) is 4.79 Å². The number of hydrogen-bond donors (Lipinski definition) is 1. The molecule has 1 aliphatic heterocycles. The number of anilines is 1. The molecular weight excluding hydrogens is 394 g/mol. The van der Waals surface area contributed by atoms with Gasteiger partial charge in [-0.15, -0.1) is 0 Å². The molecule has 1 aromatic carbocycles. The lowest BCUT2D eigenvalue weighted by atomic mass is 10.1. The van der Waals surface area contributed by atoms with E-state index in [0.717, 1.165) is 37.1 Å². The van der Waals surface area contributed by atoms with Gasteiger partial charge in [0.25, 0.3) is 0 Å². The molecule has 0 spiro atoms. The van der Waals surface area contributed by atoms with Gasteiger partial charge in [0.15, 0.2) is 0 Å². The summed E-state index contributed by atoms with van der Waals surface area (Å²) in [6.07, 6.45) is 4.38. The van der Waals surface area contributed by atoms with E-state index < -0.39 is 0 Å². The van der Waals surface area contributed by atoms with Crippen molar-refractivity contribution in [2.75, 3.05) is 25.0 Å². The molecule has 1 aliphatic rings. The van der Waals surface area contributed by atoms with E-state index in [9.17, 15) is 9.59 Å². The molecule has 0 bridgehead atoms. The van der Waals surface area contributed by atoms with Gasteiger partial charge in [0.05, 0.1) is 18.9 Å². The largest absolute Gasteiger partial charge is 0.467 e. The molecule has 1 fully saturated rings. The molecular formula is C24H33N3O4.